The topological polar surface area (TPSA) is 20.3 Å². The fraction of sp³-hybridized carbons (Fsp3) is 0.136. The number of benzene rings is 3. The molecule has 4 rings (SSSR count). The molecule has 3 aromatic rings. The molecule has 2 heteroatoms. The van der Waals surface area contributed by atoms with E-state index < -0.39 is 5.54 Å². The van der Waals surface area contributed by atoms with Crippen LogP contribution in [0.15, 0.2) is 84.9 Å². The average molecular weight is 313 g/mol. The van der Waals surface area contributed by atoms with Crippen LogP contribution in [0.3, 0.4) is 0 Å². The van der Waals surface area contributed by atoms with Gasteiger partial charge in [0.15, 0.2) is 0 Å². The Hall–Kier alpha value is -2.87. The Balaban J connectivity index is 2.00. The van der Waals surface area contributed by atoms with E-state index in [2.05, 4.69) is 30.3 Å². The number of carbonyl (C=O) groups is 1. The van der Waals surface area contributed by atoms with Gasteiger partial charge in [-0.25, -0.2) is 0 Å². The molecule has 0 N–H and O–H groups in total. The predicted octanol–water partition coefficient (Wildman–Crippen LogP) is 4.26. The first-order valence-electron chi connectivity index (χ1n) is 8.20. The molecule has 0 bridgehead atoms. The van der Waals surface area contributed by atoms with Crippen LogP contribution < -0.4 is 0 Å². The first kappa shape index (κ1) is 14.7. The molecule has 0 saturated carbocycles. The molecule has 0 unspecified atom stereocenters. The van der Waals surface area contributed by atoms with Gasteiger partial charge in [0.05, 0.1) is 5.54 Å². The van der Waals surface area contributed by atoms with Crippen molar-refractivity contribution < 1.29 is 4.79 Å². The highest BCUT2D eigenvalue weighted by Gasteiger charge is 2.45. The lowest BCUT2D eigenvalue weighted by atomic mass is 9.73. The van der Waals surface area contributed by atoms with Crippen LogP contribution in [0.2, 0.25) is 0 Å². The summed E-state index contributed by atoms with van der Waals surface area (Å²) in [6, 6.07) is 28.6. The molecule has 3 aromatic carbocycles. The van der Waals surface area contributed by atoms with Crippen molar-refractivity contribution in [3.05, 3.63) is 107 Å². The molecule has 1 heterocycles. The van der Waals surface area contributed by atoms with Gasteiger partial charge in [0.1, 0.15) is 0 Å². The fourth-order valence-electron chi connectivity index (χ4n) is 3.82. The quantitative estimate of drug-likeness (QED) is 0.692. The molecule has 1 aliphatic rings. The summed E-state index contributed by atoms with van der Waals surface area (Å²) in [5.41, 5.74) is 3.72. The van der Waals surface area contributed by atoms with Crippen molar-refractivity contribution in [1.29, 1.82) is 0 Å². The number of nitrogens with zero attached hydrogens (tertiary/aromatic N) is 1. The minimum absolute atomic E-state index is 0.0737. The minimum Gasteiger partial charge on any atom is -0.327 e. The average Bonchev–Trinajstić information content (AvgIpc) is 2.66. The third-order valence-corrected chi connectivity index (χ3v) is 5.07. The van der Waals surface area contributed by atoms with Crippen molar-refractivity contribution in [2.75, 3.05) is 7.05 Å². The van der Waals surface area contributed by atoms with Crippen molar-refractivity contribution in [2.24, 2.45) is 0 Å². The van der Waals surface area contributed by atoms with Gasteiger partial charge in [0, 0.05) is 19.0 Å². The third kappa shape index (κ3) is 2.07. The lowest BCUT2D eigenvalue weighted by molar-refractivity contribution is 0.0590. The Labute approximate surface area is 142 Å². The maximum absolute atomic E-state index is 13.1. The van der Waals surface area contributed by atoms with Crippen molar-refractivity contribution in [1.82, 2.24) is 4.90 Å². The van der Waals surface area contributed by atoms with Crippen molar-refractivity contribution in [3.8, 4) is 0 Å². The van der Waals surface area contributed by atoms with Crippen LogP contribution in [-0.4, -0.2) is 17.9 Å². The second-order valence-electron chi connectivity index (χ2n) is 6.29. The van der Waals surface area contributed by atoms with E-state index in [0.717, 1.165) is 28.7 Å². The molecule has 0 fully saturated rings. The van der Waals surface area contributed by atoms with Crippen molar-refractivity contribution in [3.63, 3.8) is 0 Å². The van der Waals surface area contributed by atoms with E-state index in [1.807, 2.05) is 66.5 Å². The highest BCUT2D eigenvalue weighted by atomic mass is 16.2. The van der Waals surface area contributed by atoms with Gasteiger partial charge < -0.3 is 4.90 Å². The monoisotopic (exact) mass is 313 g/mol. The first-order valence-corrected chi connectivity index (χ1v) is 8.20. The Morgan fingerprint density at radius 3 is 1.83 bits per heavy atom. The van der Waals surface area contributed by atoms with Gasteiger partial charge in [0.2, 0.25) is 0 Å². The van der Waals surface area contributed by atoms with Gasteiger partial charge in [-0.05, 0) is 22.8 Å². The van der Waals surface area contributed by atoms with E-state index in [-0.39, 0.29) is 5.91 Å². The summed E-state index contributed by atoms with van der Waals surface area (Å²) in [5.74, 6) is 0.0737. The zero-order chi connectivity index (χ0) is 16.6. The molecule has 118 valence electrons. The summed E-state index contributed by atoms with van der Waals surface area (Å²) in [6.45, 7) is 0. The van der Waals surface area contributed by atoms with Gasteiger partial charge in [-0.3, -0.25) is 4.79 Å². The molecular weight excluding hydrogens is 294 g/mol. The van der Waals surface area contributed by atoms with Crippen LogP contribution in [0.5, 0.6) is 0 Å². The molecule has 0 atom stereocenters. The predicted molar refractivity (Wildman–Crippen MR) is 95.9 cm³/mol. The molecule has 0 radical (unpaired) electrons. The number of amides is 1. The van der Waals surface area contributed by atoms with Gasteiger partial charge in [0.25, 0.3) is 5.91 Å². The lowest BCUT2D eigenvalue weighted by Gasteiger charge is -2.46. The van der Waals surface area contributed by atoms with Crippen molar-refractivity contribution >= 4 is 5.91 Å². The molecular formula is C22H19NO. The Bertz CT molecular complexity index is 831. The lowest BCUT2D eigenvalue weighted by Crippen LogP contribution is -2.52. The highest BCUT2D eigenvalue weighted by Crippen LogP contribution is 2.42. The standard InChI is InChI=1S/C22H19NO/c1-23-21(24)20-15-9-8-10-17(20)16-22(23,18-11-4-2-5-12-18)19-13-6-3-7-14-19/h2-15H,16H2,1H3. The van der Waals surface area contributed by atoms with E-state index in [0.29, 0.717) is 0 Å². The van der Waals surface area contributed by atoms with Gasteiger partial charge in [-0.2, -0.15) is 0 Å². The normalized spacial score (nSPS) is 15.9. The summed E-state index contributed by atoms with van der Waals surface area (Å²) in [6.07, 6.45) is 0.777. The number of carbonyl (C=O) groups excluding carboxylic acids is 1. The first-order chi connectivity index (χ1) is 11.7. The second-order valence-corrected chi connectivity index (χ2v) is 6.29. The number of fused-ring (bicyclic) bond motifs is 1. The van der Waals surface area contributed by atoms with Crippen LogP contribution >= 0.6 is 0 Å². The molecule has 0 spiro atoms. The molecule has 1 aliphatic heterocycles. The summed E-state index contributed by atoms with van der Waals surface area (Å²) in [5, 5.41) is 0. The molecule has 1 amide bonds. The SMILES string of the molecule is CN1C(=O)c2ccccc2CC1(c1ccccc1)c1ccccc1. The van der Waals surface area contributed by atoms with Crippen LogP contribution in [0.1, 0.15) is 27.0 Å². The number of rotatable bonds is 2. The van der Waals surface area contributed by atoms with Crippen LogP contribution in [0.25, 0.3) is 0 Å². The third-order valence-electron chi connectivity index (χ3n) is 5.07. The Morgan fingerprint density at radius 2 is 1.25 bits per heavy atom. The van der Waals surface area contributed by atoms with Gasteiger partial charge in [-0.15, -0.1) is 0 Å². The summed E-state index contributed by atoms with van der Waals surface area (Å²) >= 11 is 0. The zero-order valence-corrected chi connectivity index (χ0v) is 13.6. The smallest absolute Gasteiger partial charge is 0.254 e. The second kappa shape index (κ2) is 5.64. The van der Waals surface area contributed by atoms with Gasteiger partial charge >= 0.3 is 0 Å². The highest BCUT2D eigenvalue weighted by molar-refractivity contribution is 5.98. The minimum atomic E-state index is -0.478. The van der Waals surface area contributed by atoms with E-state index in [4.69, 9.17) is 0 Å². The number of hydrogen-bond acceptors (Lipinski definition) is 1. The van der Waals surface area contributed by atoms with Gasteiger partial charge in [-0.1, -0.05) is 78.9 Å². The van der Waals surface area contributed by atoms with E-state index >= 15 is 0 Å². The Morgan fingerprint density at radius 1 is 0.750 bits per heavy atom. The van der Waals surface area contributed by atoms with E-state index in [1.165, 1.54) is 0 Å². The van der Waals surface area contributed by atoms with Crippen LogP contribution in [0, 0.1) is 0 Å². The Kier molecular flexibility index (Phi) is 3.46. The molecule has 0 aliphatic carbocycles. The zero-order valence-electron chi connectivity index (χ0n) is 13.6. The molecule has 24 heavy (non-hydrogen) atoms. The molecule has 2 nitrogen and oxygen atoms in total. The fourth-order valence-corrected chi connectivity index (χ4v) is 3.82. The van der Waals surface area contributed by atoms with Crippen LogP contribution in [0.4, 0.5) is 0 Å². The molecule has 0 saturated heterocycles. The van der Waals surface area contributed by atoms with E-state index in [9.17, 15) is 4.79 Å². The summed E-state index contributed by atoms with van der Waals surface area (Å²) in [4.78, 5) is 15.0. The van der Waals surface area contributed by atoms with E-state index in [1.54, 1.807) is 0 Å². The summed E-state index contributed by atoms with van der Waals surface area (Å²) < 4.78 is 0. The maximum Gasteiger partial charge on any atom is 0.254 e. The van der Waals surface area contributed by atoms with Crippen molar-refractivity contribution in [2.45, 2.75) is 12.0 Å². The maximum atomic E-state index is 13.1. The summed E-state index contributed by atoms with van der Waals surface area (Å²) in [7, 11) is 1.91. The largest absolute Gasteiger partial charge is 0.327 e. The molecule has 0 aromatic heterocycles. The number of likely N-dealkylation sites (N-methyl/N-ethyl adjacent to an activating group) is 1. The van der Waals surface area contributed by atoms with Crippen LogP contribution in [-0.2, 0) is 12.0 Å². The number of hydrogen-bond donors (Lipinski definition) is 0.